The van der Waals surface area contributed by atoms with Crippen LogP contribution in [-0.4, -0.2) is 42.9 Å². The quantitative estimate of drug-likeness (QED) is 0.704. The van der Waals surface area contributed by atoms with E-state index >= 15 is 0 Å². The fraction of sp³-hybridized carbons (Fsp3) is 0.938. The van der Waals surface area contributed by atoms with Gasteiger partial charge in [0.15, 0.2) is 0 Å². The zero-order valence-corrected chi connectivity index (χ0v) is 14.5. The van der Waals surface area contributed by atoms with E-state index in [-0.39, 0.29) is 11.6 Å². The second-order valence-electron chi connectivity index (χ2n) is 7.60. The second kappa shape index (κ2) is 7.45. The molecule has 124 valence electrons. The summed E-state index contributed by atoms with van der Waals surface area (Å²) in [6, 6.07) is 0.546. The van der Waals surface area contributed by atoms with Crippen molar-refractivity contribution in [3.63, 3.8) is 0 Å². The molecule has 0 bridgehead atoms. The molecule has 21 heavy (non-hydrogen) atoms. The van der Waals surface area contributed by atoms with Crippen molar-refractivity contribution in [3.05, 3.63) is 0 Å². The van der Waals surface area contributed by atoms with Gasteiger partial charge >= 0.3 is 6.09 Å². The zero-order valence-electron chi connectivity index (χ0n) is 14.5. The van der Waals surface area contributed by atoms with Gasteiger partial charge in [-0.3, -0.25) is 0 Å². The Morgan fingerprint density at radius 1 is 1.33 bits per heavy atom. The smallest absolute Gasteiger partial charge is 0.407 e. The van der Waals surface area contributed by atoms with Gasteiger partial charge in [-0.2, -0.15) is 0 Å². The first-order chi connectivity index (χ1) is 9.62. The molecule has 2 unspecified atom stereocenters. The van der Waals surface area contributed by atoms with E-state index in [1.807, 2.05) is 20.8 Å². The van der Waals surface area contributed by atoms with Crippen molar-refractivity contribution >= 4 is 6.09 Å². The third-order valence-corrected chi connectivity index (χ3v) is 4.19. The molecule has 1 rings (SSSR count). The molecule has 3 N–H and O–H groups in total. The molecular weight excluding hydrogens is 266 g/mol. The highest BCUT2D eigenvalue weighted by molar-refractivity contribution is 5.67. The Kier molecular flexibility index (Phi) is 6.47. The molecule has 1 fully saturated rings. The summed E-state index contributed by atoms with van der Waals surface area (Å²) >= 11 is 0. The molecule has 2 atom stereocenters. The van der Waals surface area contributed by atoms with Gasteiger partial charge in [0.05, 0.1) is 0 Å². The highest BCUT2D eigenvalue weighted by Crippen LogP contribution is 2.17. The summed E-state index contributed by atoms with van der Waals surface area (Å²) in [6.45, 7) is 14.7. The summed E-state index contributed by atoms with van der Waals surface area (Å²) in [5.74, 6) is 0.411. The Bertz CT molecular complexity index is 333. The number of rotatable bonds is 6. The van der Waals surface area contributed by atoms with E-state index in [1.54, 1.807) is 0 Å². The van der Waals surface area contributed by atoms with Crippen molar-refractivity contribution in [3.8, 4) is 0 Å². The number of hydrogen-bond donors (Lipinski definition) is 3. The summed E-state index contributed by atoms with van der Waals surface area (Å²) in [5, 5.41) is 10.0. The van der Waals surface area contributed by atoms with E-state index in [4.69, 9.17) is 4.74 Å². The fourth-order valence-electron chi connectivity index (χ4n) is 2.33. The van der Waals surface area contributed by atoms with Crippen LogP contribution in [0.3, 0.4) is 0 Å². The van der Waals surface area contributed by atoms with Crippen LogP contribution in [0.5, 0.6) is 0 Å². The molecule has 5 nitrogen and oxygen atoms in total. The Balaban J connectivity index is 2.45. The predicted octanol–water partition coefficient (Wildman–Crippen LogP) is 2.27. The number of ether oxygens (including phenoxy) is 1. The molecule has 0 aromatic heterocycles. The minimum Gasteiger partial charge on any atom is -0.444 e. The van der Waals surface area contributed by atoms with Crippen LogP contribution in [-0.2, 0) is 4.74 Å². The molecular formula is C16H33N3O2. The number of carbonyl (C=O) groups is 1. The van der Waals surface area contributed by atoms with E-state index in [9.17, 15) is 4.79 Å². The van der Waals surface area contributed by atoms with Crippen molar-refractivity contribution in [2.75, 3.05) is 19.6 Å². The van der Waals surface area contributed by atoms with E-state index in [2.05, 4.69) is 36.7 Å². The van der Waals surface area contributed by atoms with E-state index in [0.29, 0.717) is 18.5 Å². The first-order valence-electron chi connectivity index (χ1n) is 8.08. The molecule has 0 aromatic rings. The van der Waals surface area contributed by atoms with Gasteiger partial charge in [0, 0.05) is 24.7 Å². The van der Waals surface area contributed by atoms with E-state index in [1.165, 1.54) is 12.8 Å². The molecule has 0 aromatic carbocycles. The molecule has 0 saturated carbocycles. The molecule has 1 aliphatic rings. The number of nitrogens with one attached hydrogen (secondary N) is 3. The summed E-state index contributed by atoms with van der Waals surface area (Å²) in [6.07, 6.45) is 2.12. The summed E-state index contributed by atoms with van der Waals surface area (Å²) in [4.78, 5) is 11.8. The lowest BCUT2D eigenvalue weighted by atomic mass is 9.88. The second-order valence-corrected chi connectivity index (χ2v) is 7.60. The fourth-order valence-corrected chi connectivity index (χ4v) is 2.33. The van der Waals surface area contributed by atoms with Gasteiger partial charge in [-0.25, -0.2) is 4.79 Å². The molecule has 5 heteroatoms. The lowest BCUT2D eigenvalue weighted by Crippen LogP contribution is -2.57. The minimum absolute atomic E-state index is 0.138. The van der Waals surface area contributed by atoms with Gasteiger partial charge in [0.1, 0.15) is 5.60 Å². The highest BCUT2D eigenvalue weighted by atomic mass is 16.6. The van der Waals surface area contributed by atoms with Crippen LogP contribution >= 0.6 is 0 Å². The molecule has 1 aliphatic heterocycles. The SMILES string of the molecule is CC(C)C(C)(CNC(=O)OC(C)(C)C)NCC1CCCN1. The molecule has 1 amide bonds. The van der Waals surface area contributed by atoms with Crippen LogP contribution in [0.4, 0.5) is 4.79 Å². The molecule has 0 spiro atoms. The van der Waals surface area contributed by atoms with Crippen LogP contribution in [0.2, 0.25) is 0 Å². The van der Waals surface area contributed by atoms with Crippen molar-refractivity contribution in [2.45, 2.75) is 71.6 Å². The van der Waals surface area contributed by atoms with Crippen LogP contribution in [0.25, 0.3) is 0 Å². The third kappa shape index (κ3) is 6.66. The predicted molar refractivity (Wildman–Crippen MR) is 86.5 cm³/mol. The Hall–Kier alpha value is -0.810. The first-order valence-corrected chi connectivity index (χ1v) is 8.08. The number of amides is 1. The number of alkyl carbamates (subject to hydrolysis) is 1. The van der Waals surface area contributed by atoms with Crippen LogP contribution < -0.4 is 16.0 Å². The normalized spacial score (nSPS) is 22.1. The van der Waals surface area contributed by atoms with E-state index in [0.717, 1.165) is 13.1 Å². The van der Waals surface area contributed by atoms with Gasteiger partial charge in [0.2, 0.25) is 0 Å². The molecule has 0 radical (unpaired) electrons. The summed E-state index contributed by atoms with van der Waals surface area (Å²) < 4.78 is 5.30. The Morgan fingerprint density at radius 2 is 2.00 bits per heavy atom. The monoisotopic (exact) mass is 299 g/mol. The minimum atomic E-state index is -0.459. The average molecular weight is 299 g/mol. The van der Waals surface area contributed by atoms with Gasteiger partial charge < -0.3 is 20.7 Å². The molecule has 1 saturated heterocycles. The number of carbonyl (C=O) groups excluding carboxylic acids is 1. The van der Waals surface area contributed by atoms with Gasteiger partial charge in [-0.1, -0.05) is 13.8 Å². The maximum absolute atomic E-state index is 11.8. The average Bonchev–Trinajstić information content (AvgIpc) is 2.84. The highest BCUT2D eigenvalue weighted by Gasteiger charge is 2.30. The Morgan fingerprint density at radius 3 is 2.48 bits per heavy atom. The standard InChI is InChI=1S/C16H33N3O2/c1-12(2)16(6,19-10-13-8-7-9-17-13)11-18-14(20)21-15(3,4)5/h12-13,17,19H,7-11H2,1-6H3,(H,18,20). The van der Waals surface area contributed by atoms with E-state index < -0.39 is 5.60 Å². The first kappa shape index (κ1) is 18.2. The zero-order chi connectivity index (χ0) is 16.1. The van der Waals surface area contributed by atoms with Crippen molar-refractivity contribution in [1.29, 1.82) is 0 Å². The Labute approximate surface area is 129 Å². The van der Waals surface area contributed by atoms with Crippen LogP contribution in [0.1, 0.15) is 54.4 Å². The lowest BCUT2D eigenvalue weighted by molar-refractivity contribution is 0.0503. The van der Waals surface area contributed by atoms with Gasteiger partial charge in [-0.05, 0) is 53.0 Å². The van der Waals surface area contributed by atoms with Crippen LogP contribution in [0.15, 0.2) is 0 Å². The van der Waals surface area contributed by atoms with Gasteiger partial charge in [-0.15, -0.1) is 0 Å². The van der Waals surface area contributed by atoms with Crippen molar-refractivity contribution in [2.24, 2.45) is 5.92 Å². The lowest BCUT2D eigenvalue weighted by Gasteiger charge is -2.36. The maximum Gasteiger partial charge on any atom is 0.407 e. The summed E-state index contributed by atoms with van der Waals surface area (Å²) in [7, 11) is 0. The third-order valence-electron chi connectivity index (χ3n) is 4.19. The molecule has 1 heterocycles. The number of hydrogen-bond acceptors (Lipinski definition) is 4. The maximum atomic E-state index is 11.8. The largest absolute Gasteiger partial charge is 0.444 e. The molecule has 0 aliphatic carbocycles. The van der Waals surface area contributed by atoms with Crippen molar-refractivity contribution < 1.29 is 9.53 Å². The van der Waals surface area contributed by atoms with Crippen LogP contribution in [0, 0.1) is 5.92 Å². The van der Waals surface area contributed by atoms with Gasteiger partial charge in [0.25, 0.3) is 0 Å². The summed E-state index contributed by atoms with van der Waals surface area (Å²) in [5.41, 5.74) is -0.597. The topological polar surface area (TPSA) is 62.4 Å². The van der Waals surface area contributed by atoms with Crippen molar-refractivity contribution in [1.82, 2.24) is 16.0 Å².